The first-order valence-corrected chi connectivity index (χ1v) is 11.7. The Kier molecular flexibility index (Phi) is 7.36. The van der Waals surface area contributed by atoms with Gasteiger partial charge in [0, 0.05) is 25.2 Å². The van der Waals surface area contributed by atoms with Crippen LogP contribution in [-0.4, -0.2) is 45.9 Å². The average Bonchev–Trinajstić information content (AvgIpc) is 3.64. The van der Waals surface area contributed by atoms with Crippen molar-refractivity contribution in [2.24, 2.45) is 11.8 Å². The number of unbranched alkanes of at least 4 members (excludes halogenated alkanes) is 1. The number of halogens is 2. The number of rotatable bonds is 10. The third-order valence-electron chi connectivity index (χ3n) is 6.23. The first-order chi connectivity index (χ1) is 16.3. The lowest BCUT2D eigenvalue weighted by atomic mass is 9.93. The van der Waals surface area contributed by atoms with Gasteiger partial charge >= 0.3 is 0 Å². The lowest BCUT2D eigenvalue weighted by molar-refractivity contribution is -0.139. The zero-order valence-corrected chi connectivity index (χ0v) is 19.3. The first-order valence-electron chi connectivity index (χ1n) is 11.4. The molecule has 178 valence electrons. The van der Waals surface area contributed by atoms with Crippen LogP contribution >= 0.6 is 11.6 Å². The van der Waals surface area contributed by atoms with Gasteiger partial charge in [-0.15, -0.1) is 0 Å². The highest BCUT2D eigenvalue weighted by molar-refractivity contribution is 6.29. The summed E-state index contributed by atoms with van der Waals surface area (Å²) in [5, 5.41) is 3.10. The monoisotopic (exact) mass is 485 g/mol. The lowest BCUT2D eigenvalue weighted by Gasteiger charge is -2.23. The van der Waals surface area contributed by atoms with Crippen LogP contribution in [0, 0.1) is 17.7 Å². The smallest absolute Gasteiger partial charge is 0.252 e. The van der Waals surface area contributed by atoms with Gasteiger partial charge in [0.15, 0.2) is 17.5 Å². The van der Waals surface area contributed by atoms with Gasteiger partial charge in [0.05, 0.1) is 11.6 Å². The molecule has 1 aliphatic carbocycles. The van der Waals surface area contributed by atoms with Crippen LogP contribution in [0.3, 0.4) is 0 Å². The summed E-state index contributed by atoms with van der Waals surface area (Å²) >= 11 is 5.73. The molecule has 0 spiro atoms. The second-order valence-corrected chi connectivity index (χ2v) is 9.13. The number of nitrogens with zero attached hydrogens (tertiary/aromatic N) is 2. The molecule has 1 aromatic carbocycles. The number of hydrogen-bond donors (Lipinski definition) is 1. The molecule has 9 heteroatoms. The molecule has 1 aliphatic heterocycles. The van der Waals surface area contributed by atoms with Crippen molar-refractivity contribution in [1.29, 1.82) is 0 Å². The molecule has 2 aliphatic rings. The van der Waals surface area contributed by atoms with Gasteiger partial charge in [-0.1, -0.05) is 23.7 Å². The molecule has 1 saturated heterocycles. The quantitative estimate of drug-likeness (QED) is 0.316. The largest absolute Gasteiger partial charge is 0.352 e. The summed E-state index contributed by atoms with van der Waals surface area (Å²) in [6.45, 7) is 0.531. The van der Waals surface area contributed by atoms with Gasteiger partial charge in [-0.25, -0.2) is 9.37 Å². The van der Waals surface area contributed by atoms with E-state index in [-0.39, 0.29) is 35.8 Å². The van der Waals surface area contributed by atoms with E-state index in [1.165, 1.54) is 29.3 Å². The molecule has 2 atom stereocenters. The predicted octanol–water partition coefficient (Wildman–Crippen LogP) is 3.35. The predicted molar refractivity (Wildman–Crippen MR) is 122 cm³/mol. The van der Waals surface area contributed by atoms with E-state index in [2.05, 4.69) is 10.3 Å². The van der Waals surface area contributed by atoms with Crippen molar-refractivity contribution in [1.82, 2.24) is 15.2 Å². The van der Waals surface area contributed by atoms with E-state index in [1.807, 2.05) is 0 Å². The molecule has 0 bridgehead atoms. The molecule has 2 unspecified atom stereocenters. The fourth-order valence-corrected chi connectivity index (χ4v) is 4.31. The van der Waals surface area contributed by atoms with E-state index in [1.54, 1.807) is 18.2 Å². The Morgan fingerprint density at radius 1 is 1.09 bits per heavy atom. The molecule has 1 saturated carbocycles. The number of nitrogens with one attached hydrogen (secondary N) is 1. The highest BCUT2D eigenvalue weighted by Gasteiger charge is 2.52. The van der Waals surface area contributed by atoms with Crippen LogP contribution in [0.25, 0.3) is 0 Å². The van der Waals surface area contributed by atoms with Gasteiger partial charge in [0.1, 0.15) is 11.0 Å². The van der Waals surface area contributed by atoms with E-state index < -0.39 is 17.9 Å². The number of hydrogen-bond acceptors (Lipinski definition) is 5. The minimum Gasteiger partial charge on any atom is -0.352 e. The van der Waals surface area contributed by atoms with Crippen LogP contribution in [0.15, 0.2) is 42.6 Å². The second kappa shape index (κ2) is 10.4. The van der Waals surface area contributed by atoms with Crippen LogP contribution in [0.1, 0.15) is 48.0 Å². The standard InChI is InChI=1S/C25H25ClFN3O4/c26-20-11-8-17(13-29-20)24(33)28-12-2-1-3-19-23(32)21(22(31)16-6-7-16)25(34)30(19)14-15-4-9-18(27)10-5-15/h4-5,8-11,13,16,19,21H,1-3,6-7,12,14H2,(H,28,33). The summed E-state index contributed by atoms with van der Waals surface area (Å²) in [6, 6.07) is 8.16. The van der Waals surface area contributed by atoms with Crippen LogP contribution < -0.4 is 5.32 Å². The molecule has 2 aromatic rings. The molecule has 2 fully saturated rings. The summed E-state index contributed by atoms with van der Waals surface area (Å²) in [5.41, 5.74) is 1.09. The summed E-state index contributed by atoms with van der Waals surface area (Å²) in [5.74, 6) is -3.16. The summed E-state index contributed by atoms with van der Waals surface area (Å²) < 4.78 is 13.3. The van der Waals surface area contributed by atoms with Crippen molar-refractivity contribution < 1.29 is 23.6 Å². The Hall–Kier alpha value is -3.13. The SMILES string of the molecule is O=C(NCCCCC1C(=O)C(C(=O)C2CC2)C(=O)N1Cc1ccc(F)cc1)c1ccc(Cl)nc1. The molecule has 1 aromatic heterocycles. The van der Waals surface area contributed by atoms with Crippen LogP contribution in [-0.2, 0) is 20.9 Å². The maximum Gasteiger partial charge on any atom is 0.252 e. The Balaban J connectivity index is 1.35. The summed E-state index contributed by atoms with van der Waals surface area (Å²) in [6.07, 6.45) is 4.40. The molecule has 2 heterocycles. The molecule has 1 N–H and O–H groups in total. The van der Waals surface area contributed by atoms with Crippen LogP contribution in [0.2, 0.25) is 5.15 Å². The molecule has 7 nitrogen and oxygen atoms in total. The third kappa shape index (κ3) is 5.50. The third-order valence-corrected chi connectivity index (χ3v) is 6.45. The number of carbonyl (C=O) groups excluding carboxylic acids is 4. The lowest BCUT2D eigenvalue weighted by Crippen LogP contribution is -2.35. The number of Topliss-reactive ketones (excluding diaryl/α,β-unsaturated/α-hetero) is 2. The normalized spacial score (nSPS) is 20.0. The summed E-state index contributed by atoms with van der Waals surface area (Å²) in [4.78, 5) is 56.3. The van der Waals surface area contributed by atoms with Crippen molar-refractivity contribution in [2.45, 2.75) is 44.7 Å². The van der Waals surface area contributed by atoms with Crippen LogP contribution in [0.4, 0.5) is 4.39 Å². The van der Waals surface area contributed by atoms with Crippen molar-refractivity contribution in [3.63, 3.8) is 0 Å². The fourth-order valence-electron chi connectivity index (χ4n) is 4.20. The Bertz CT molecular complexity index is 1090. The van der Waals surface area contributed by atoms with Gasteiger partial charge in [-0.05, 0) is 61.9 Å². The second-order valence-electron chi connectivity index (χ2n) is 8.74. The van der Waals surface area contributed by atoms with Crippen molar-refractivity contribution in [2.75, 3.05) is 6.54 Å². The number of carbonyl (C=O) groups is 4. The number of aromatic nitrogens is 1. The van der Waals surface area contributed by atoms with E-state index in [0.717, 1.165) is 12.8 Å². The maximum atomic E-state index is 13.3. The van der Waals surface area contributed by atoms with Gasteiger partial charge in [-0.3, -0.25) is 19.2 Å². The zero-order chi connectivity index (χ0) is 24.2. The number of amides is 2. The van der Waals surface area contributed by atoms with Gasteiger partial charge in [0.2, 0.25) is 5.91 Å². The van der Waals surface area contributed by atoms with Crippen molar-refractivity contribution in [3.05, 3.63) is 64.7 Å². The topological polar surface area (TPSA) is 96.4 Å². The number of likely N-dealkylation sites (tertiary alicyclic amines) is 1. The van der Waals surface area contributed by atoms with Gasteiger partial charge in [0.25, 0.3) is 5.91 Å². The summed E-state index contributed by atoms with van der Waals surface area (Å²) in [7, 11) is 0. The fraction of sp³-hybridized carbons (Fsp3) is 0.400. The van der Waals surface area contributed by atoms with Crippen molar-refractivity contribution in [3.8, 4) is 0 Å². The Morgan fingerprint density at radius 2 is 1.82 bits per heavy atom. The van der Waals surface area contributed by atoms with Crippen molar-refractivity contribution >= 4 is 35.0 Å². The van der Waals surface area contributed by atoms with E-state index in [4.69, 9.17) is 11.6 Å². The Labute approximate surface area is 201 Å². The average molecular weight is 486 g/mol. The van der Waals surface area contributed by atoms with Gasteiger partial charge in [-0.2, -0.15) is 0 Å². The number of pyridine rings is 1. The van der Waals surface area contributed by atoms with E-state index in [0.29, 0.717) is 42.1 Å². The molecule has 34 heavy (non-hydrogen) atoms. The molecule has 2 amide bonds. The zero-order valence-electron chi connectivity index (χ0n) is 18.5. The Morgan fingerprint density at radius 3 is 2.47 bits per heavy atom. The van der Waals surface area contributed by atoms with Crippen LogP contribution in [0.5, 0.6) is 0 Å². The van der Waals surface area contributed by atoms with E-state index >= 15 is 0 Å². The first kappa shape index (κ1) is 24.0. The molecular formula is C25H25ClFN3O4. The minimum atomic E-state index is -1.23. The number of ketones is 2. The molecule has 4 rings (SSSR count). The maximum absolute atomic E-state index is 13.3. The molecular weight excluding hydrogens is 461 g/mol. The highest BCUT2D eigenvalue weighted by atomic mass is 35.5. The molecule has 0 radical (unpaired) electrons. The van der Waals surface area contributed by atoms with E-state index in [9.17, 15) is 23.6 Å². The number of benzene rings is 1. The van der Waals surface area contributed by atoms with Gasteiger partial charge < -0.3 is 10.2 Å². The minimum absolute atomic E-state index is 0.143. The highest BCUT2D eigenvalue weighted by Crippen LogP contribution is 2.37.